The molecule has 0 bridgehead atoms. The molecule has 0 saturated heterocycles. The van der Waals surface area contributed by atoms with Crippen molar-refractivity contribution in [3.8, 4) is 0 Å². The summed E-state index contributed by atoms with van der Waals surface area (Å²) in [6.45, 7) is 6.44. The number of aromatic nitrogens is 2. The molecule has 0 aliphatic rings. The van der Waals surface area contributed by atoms with Crippen LogP contribution in [0.2, 0.25) is 0 Å². The van der Waals surface area contributed by atoms with E-state index in [1.807, 2.05) is 25.1 Å². The number of aryl methyl sites for hydroxylation is 2. The molecule has 1 aromatic heterocycles. The summed E-state index contributed by atoms with van der Waals surface area (Å²) in [6.07, 6.45) is 0. The van der Waals surface area contributed by atoms with Crippen molar-refractivity contribution in [3.05, 3.63) is 41.6 Å². The molecule has 1 amide bonds. The summed E-state index contributed by atoms with van der Waals surface area (Å²) in [6, 6.07) is 9.99. The van der Waals surface area contributed by atoms with Crippen molar-refractivity contribution in [2.75, 3.05) is 17.2 Å². The van der Waals surface area contributed by atoms with E-state index in [4.69, 9.17) is 0 Å². The van der Waals surface area contributed by atoms with Crippen LogP contribution in [0.4, 0.5) is 11.5 Å². The Bertz CT molecular complexity index is 614. The van der Waals surface area contributed by atoms with Gasteiger partial charge in [-0.25, -0.2) is 0 Å². The fourth-order valence-corrected chi connectivity index (χ4v) is 2.08. The van der Waals surface area contributed by atoms with Gasteiger partial charge in [-0.15, -0.1) is 0 Å². The van der Waals surface area contributed by atoms with Crippen molar-refractivity contribution in [2.45, 2.75) is 26.7 Å². The molecule has 0 saturated carbocycles. The molecule has 5 heteroatoms. The van der Waals surface area contributed by atoms with E-state index in [2.05, 4.69) is 41.7 Å². The topological polar surface area (TPSA) is 59.0 Å². The fourth-order valence-electron chi connectivity index (χ4n) is 2.08. The van der Waals surface area contributed by atoms with Crippen molar-refractivity contribution < 1.29 is 4.79 Å². The molecular formula is C16H22N4O. The Kier molecular flexibility index (Phi) is 4.62. The number of nitrogens with zero attached hydrogens (tertiary/aromatic N) is 2. The minimum Gasteiger partial charge on any atom is -0.376 e. The summed E-state index contributed by atoms with van der Waals surface area (Å²) in [5, 5.41) is 10.1. The normalized spacial score (nSPS) is 10.7. The Morgan fingerprint density at radius 1 is 1.29 bits per heavy atom. The standard InChI is InChI=1S/C16H22N4O/c1-11(2)13-5-7-14(8-6-13)17-10-16(21)18-15-9-12(3)19-20(15)4/h5-9,11,17H,10H2,1-4H3,(H,18,21). The van der Waals surface area contributed by atoms with Crippen molar-refractivity contribution in [1.82, 2.24) is 9.78 Å². The second-order valence-corrected chi connectivity index (χ2v) is 5.47. The van der Waals surface area contributed by atoms with Crippen molar-refractivity contribution in [3.63, 3.8) is 0 Å². The molecule has 0 spiro atoms. The Hall–Kier alpha value is -2.30. The second kappa shape index (κ2) is 6.43. The van der Waals surface area contributed by atoms with E-state index in [0.717, 1.165) is 11.4 Å². The zero-order chi connectivity index (χ0) is 15.4. The molecule has 2 N–H and O–H groups in total. The maximum absolute atomic E-state index is 11.9. The number of rotatable bonds is 5. The fraction of sp³-hybridized carbons (Fsp3) is 0.375. The van der Waals surface area contributed by atoms with E-state index in [-0.39, 0.29) is 12.5 Å². The average Bonchev–Trinajstić information content (AvgIpc) is 2.75. The van der Waals surface area contributed by atoms with Gasteiger partial charge in [-0.2, -0.15) is 5.10 Å². The number of nitrogens with one attached hydrogen (secondary N) is 2. The highest BCUT2D eigenvalue weighted by atomic mass is 16.2. The lowest BCUT2D eigenvalue weighted by atomic mass is 10.0. The first-order valence-electron chi connectivity index (χ1n) is 7.10. The van der Waals surface area contributed by atoms with Gasteiger partial charge in [0.25, 0.3) is 0 Å². The number of amides is 1. The quantitative estimate of drug-likeness (QED) is 0.888. The average molecular weight is 286 g/mol. The van der Waals surface area contributed by atoms with Gasteiger partial charge in [-0.1, -0.05) is 26.0 Å². The third-order valence-corrected chi connectivity index (χ3v) is 3.30. The first-order chi connectivity index (χ1) is 9.95. The van der Waals surface area contributed by atoms with Crippen molar-refractivity contribution >= 4 is 17.4 Å². The van der Waals surface area contributed by atoms with Gasteiger partial charge in [0.1, 0.15) is 5.82 Å². The van der Waals surface area contributed by atoms with E-state index in [9.17, 15) is 4.79 Å². The zero-order valence-electron chi connectivity index (χ0n) is 13.0. The Morgan fingerprint density at radius 2 is 1.95 bits per heavy atom. The first-order valence-corrected chi connectivity index (χ1v) is 7.10. The number of carbonyl (C=O) groups is 1. The molecule has 2 rings (SSSR count). The number of benzene rings is 1. The number of hydrogen-bond acceptors (Lipinski definition) is 3. The lowest BCUT2D eigenvalue weighted by Gasteiger charge is -2.09. The Morgan fingerprint density at radius 3 is 2.48 bits per heavy atom. The summed E-state index contributed by atoms with van der Waals surface area (Å²) >= 11 is 0. The molecule has 0 fully saturated rings. The summed E-state index contributed by atoms with van der Waals surface area (Å²) in [4.78, 5) is 11.9. The summed E-state index contributed by atoms with van der Waals surface area (Å²) in [5.41, 5.74) is 3.11. The largest absolute Gasteiger partial charge is 0.376 e. The van der Waals surface area contributed by atoms with Crippen LogP contribution < -0.4 is 10.6 Å². The minimum absolute atomic E-state index is 0.0917. The third-order valence-electron chi connectivity index (χ3n) is 3.30. The van der Waals surface area contributed by atoms with Gasteiger partial charge in [0.15, 0.2) is 0 Å². The van der Waals surface area contributed by atoms with Crippen molar-refractivity contribution in [1.29, 1.82) is 0 Å². The summed E-state index contributed by atoms with van der Waals surface area (Å²) in [7, 11) is 1.81. The summed E-state index contributed by atoms with van der Waals surface area (Å²) < 4.78 is 1.66. The highest BCUT2D eigenvalue weighted by Crippen LogP contribution is 2.17. The van der Waals surface area contributed by atoms with Gasteiger partial charge < -0.3 is 10.6 Å². The number of anilines is 2. The van der Waals surface area contributed by atoms with Gasteiger partial charge in [-0.3, -0.25) is 9.48 Å². The molecule has 0 radical (unpaired) electrons. The predicted octanol–water partition coefficient (Wildman–Crippen LogP) is 2.90. The maximum Gasteiger partial charge on any atom is 0.244 e. The SMILES string of the molecule is Cc1cc(NC(=O)CNc2ccc(C(C)C)cc2)n(C)n1. The van der Waals surface area contributed by atoms with Gasteiger partial charge in [0, 0.05) is 18.8 Å². The predicted molar refractivity (Wildman–Crippen MR) is 85.6 cm³/mol. The molecule has 21 heavy (non-hydrogen) atoms. The van der Waals surface area contributed by atoms with Gasteiger partial charge in [-0.05, 0) is 30.5 Å². The van der Waals surface area contributed by atoms with Crippen LogP contribution >= 0.6 is 0 Å². The van der Waals surface area contributed by atoms with Crippen LogP contribution in [-0.2, 0) is 11.8 Å². The zero-order valence-corrected chi connectivity index (χ0v) is 13.0. The molecule has 0 aliphatic heterocycles. The monoisotopic (exact) mass is 286 g/mol. The number of carbonyl (C=O) groups excluding carboxylic acids is 1. The van der Waals surface area contributed by atoms with Crippen molar-refractivity contribution in [2.24, 2.45) is 7.05 Å². The first kappa shape index (κ1) is 15.1. The molecular weight excluding hydrogens is 264 g/mol. The summed E-state index contributed by atoms with van der Waals surface area (Å²) in [5.74, 6) is 1.12. The highest BCUT2D eigenvalue weighted by Gasteiger charge is 2.07. The molecule has 1 aromatic carbocycles. The van der Waals surface area contributed by atoms with Gasteiger partial charge in [0.05, 0.1) is 12.2 Å². The van der Waals surface area contributed by atoms with E-state index in [1.54, 1.807) is 11.7 Å². The minimum atomic E-state index is -0.0917. The van der Waals surface area contributed by atoms with Gasteiger partial charge in [0.2, 0.25) is 5.91 Å². The van der Waals surface area contributed by atoms with Crippen LogP contribution in [-0.4, -0.2) is 22.2 Å². The highest BCUT2D eigenvalue weighted by molar-refractivity contribution is 5.93. The Labute approximate surface area is 125 Å². The molecule has 112 valence electrons. The maximum atomic E-state index is 11.9. The molecule has 0 unspecified atom stereocenters. The van der Waals surface area contributed by atoms with Gasteiger partial charge >= 0.3 is 0 Å². The van der Waals surface area contributed by atoms with E-state index >= 15 is 0 Å². The van der Waals surface area contributed by atoms with Crippen LogP contribution in [0.15, 0.2) is 30.3 Å². The lowest BCUT2D eigenvalue weighted by Crippen LogP contribution is -2.23. The number of hydrogen-bond donors (Lipinski definition) is 2. The lowest BCUT2D eigenvalue weighted by molar-refractivity contribution is -0.114. The molecule has 0 atom stereocenters. The molecule has 5 nitrogen and oxygen atoms in total. The van der Waals surface area contributed by atoms with Crippen LogP contribution in [0, 0.1) is 6.92 Å². The van der Waals surface area contributed by atoms with Crippen LogP contribution in [0.3, 0.4) is 0 Å². The smallest absolute Gasteiger partial charge is 0.244 e. The van der Waals surface area contributed by atoms with E-state index < -0.39 is 0 Å². The van der Waals surface area contributed by atoms with Crippen LogP contribution in [0.5, 0.6) is 0 Å². The van der Waals surface area contributed by atoms with E-state index in [0.29, 0.717) is 11.7 Å². The van der Waals surface area contributed by atoms with Crippen LogP contribution in [0.25, 0.3) is 0 Å². The van der Waals surface area contributed by atoms with Crippen LogP contribution in [0.1, 0.15) is 31.0 Å². The Balaban J connectivity index is 1.87. The molecule has 1 heterocycles. The van der Waals surface area contributed by atoms with E-state index in [1.165, 1.54) is 5.56 Å². The molecule has 2 aromatic rings. The molecule has 0 aliphatic carbocycles. The second-order valence-electron chi connectivity index (χ2n) is 5.47. The third kappa shape index (κ3) is 4.08.